The van der Waals surface area contributed by atoms with E-state index in [0.29, 0.717) is 5.69 Å². The predicted octanol–water partition coefficient (Wildman–Crippen LogP) is 14.3. The number of nitrogens with two attached hydrogens (primary N) is 1. The lowest BCUT2D eigenvalue weighted by molar-refractivity contribution is 0.478. The van der Waals surface area contributed by atoms with E-state index in [1.807, 2.05) is 0 Å². The second-order valence-electron chi connectivity index (χ2n) is 15.4. The summed E-state index contributed by atoms with van der Waals surface area (Å²) in [6.45, 7) is 6.98. The van der Waals surface area contributed by atoms with Crippen LogP contribution in [0, 0.1) is 6.92 Å². The number of nitrogen functional groups attached to an aromatic ring is 1. The molecule has 9 aromatic carbocycles. The van der Waals surface area contributed by atoms with E-state index >= 15 is 0 Å². The number of aromatic hydroxyl groups is 1. The lowest BCUT2D eigenvalue weighted by Crippen LogP contribution is -2.14. The monoisotopic (exact) mass is 721 g/mol. The SMILES string of the molecule is Cc1ccc2c(-c3cccc(-c4ccccc4)c3)c3cc4c(cc3c(-c3cccc(-c5ccccc5)c3)c2c1)C(C)(C)c1ccccc1-4.Nc1ccccc1O. The molecule has 2 nitrogen and oxygen atoms in total. The number of anilines is 1. The maximum Gasteiger partial charge on any atom is 0.138 e. The third-order valence-electron chi connectivity index (χ3n) is 11.4. The highest BCUT2D eigenvalue weighted by Crippen LogP contribution is 2.53. The first kappa shape index (κ1) is 34.8. The molecule has 0 aromatic heterocycles. The van der Waals surface area contributed by atoms with Crippen LogP contribution in [0.5, 0.6) is 5.75 Å². The fraction of sp³-hybridized carbons (Fsp3) is 0.0741. The summed E-state index contributed by atoms with van der Waals surface area (Å²) in [6, 6.07) is 67.5. The Hall–Kier alpha value is -6.90. The molecule has 0 spiro atoms. The number of aryl methyl sites for hydroxylation is 1. The Labute approximate surface area is 329 Å². The normalized spacial score (nSPS) is 12.5. The summed E-state index contributed by atoms with van der Waals surface area (Å²) in [7, 11) is 0. The van der Waals surface area contributed by atoms with Gasteiger partial charge in [-0.25, -0.2) is 0 Å². The van der Waals surface area contributed by atoms with Gasteiger partial charge in [-0.05, 0) is 132 Å². The summed E-state index contributed by atoms with van der Waals surface area (Å²) in [4.78, 5) is 0. The van der Waals surface area contributed by atoms with Crippen LogP contribution in [0.2, 0.25) is 0 Å². The quantitative estimate of drug-likeness (QED) is 0.108. The van der Waals surface area contributed by atoms with Crippen LogP contribution in [-0.4, -0.2) is 5.11 Å². The van der Waals surface area contributed by atoms with Gasteiger partial charge in [0.2, 0.25) is 0 Å². The zero-order chi connectivity index (χ0) is 38.4. The van der Waals surface area contributed by atoms with E-state index in [0.717, 1.165) is 0 Å². The van der Waals surface area contributed by atoms with Crippen molar-refractivity contribution in [2.75, 3.05) is 5.73 Å². The van der Waals surface area contributed by atoms with Crippen molar-refractivity contribution in [2.24, 2.45) is 0 Å². The van der Waals surface area contributed by atoms with Gasteiger partial charge < -0.3 is 10.8 Å². The predicted molar refractivity (Wildman–Crippen MR) is 238 cm³/mol. The van der Waals surface area contributed by atoms with Crippen LogP contribution in [0.25, 0.3) is 77.2 Å². The largest absolute Gasteiger partial charge is 0.506 e. The third kappa shape index (κ3) is 6.10. The molecule has 0 aliphatic heterocycles. The van der Waals surface area contributed by atoms with E-state index in [2.05, 4.69) is 185 Å². The minimum Gasteiger partial charge on any atom is -0.506 e. The summed E-state index contributed by atoms with van der Waals surface area (Å²) in [5.74, 6) is 0.146. The molecule has 270 valence electrons. The number of para-hydroxylation sites is 2. The number of phenols is 1. The smallest absolute Gasteiger partial charge is 0.138 e. The van der Waals surface area contributed by atoms with Crippen molar-refractivity contribution < 1.29 is 5.11 Å². The van der Waals surface area contributed by atoms with E-state index < -0.39 is 0 Å². The number of hydrogen-bond acceptors (Lipinski definition) is 2. The summed E-state index contributed by atoms with van der Waals surface area (Å²) < 4.78 is 0. The average Bonchev–Trinajstić information content (AvgIpc) is 3.46. The Bertz CT molecular complexity index is 2890. The molecule has 2 heteroatoms. The van der Waals surface area contributed by atoms with Gasteiger partial charge in [0, 0.05) is 5.41 Å². The highest BCUT2D eigenvalue weighted by Gasteiger charge is 2.36. The topological polar surface area (TPSA) is 46.2 Å². The van der Waals surface area contributed by atoms with E-state index in [1.54, 1.807) is 24.3 Å². The number of rotatable bonds is 4. The minimum atomic E-state index is -0.0990. The van der Waals surface area contributed by atoms with Crippen molar-refractivity contribution >= 4 is 27.2 Å². The van der Waals surface area contributed by atoms with Gasteiger partial charge in [0.1, 0.15) is 5.75 Å². The Kier molecular flexibility index (Phi) is 8.75. The first-order valence-corrected chi connectivity index (χ1v) is 19.3. The molecule has 0 saturated carbocycles. The van der Waals surface area contributed by atoms with Crippen LogP contribution in [0.3, 0.4) is 0 Å². The van der Waals surface area contributed by atoms with Crippen LogP contribution in [0.15, 0.2) is 188 Å². The third-order valence-corrected chi connectivity index (χ3v) is 11.4. The molecule has 0 atom stereocenters. The van der Waals surface area contributed by atoms with Gasteiger partial charge in [-0.3, -0.25) is 0 Å². The van der Waals surface area contributed by atoms with Crippen LogP contribution < -0.4 is 5.73 Å². The fourth-order valence-corrected chi connectivity index (χ4v) is 8.61. The second-order valence-corrected chi connectivity index (χ2v) is 15.4. The highest BCUT2D eigenvalue weighted by molar-refractivity contribution is 6.23. The van der Waals surface area contributed by atoms with Gasteiger partial charge in [-0.2, -0.15) is 0 Å². The zero-order valence-electron chi connectivity index (χ0n) is 31.9. The van der Waals surface area contributed by atoms with Gasteiger partial charge >= 0.3 is 0 Å². The molecule has 0 heterocycles. The molecule has 56 heavy (non-hydrogen) atoms. The first-order chi connectivity index (χ1) is 27.3. The molecule has 9 aromatic rings. The number of phenolic OH excluding ortho intramolecular Hbond substituents is 1. The van der Waals surface area contributed by atoms with Crippen molar-refractivity contribution in [1.29, 1.82) is 0 Å². The van der Waals surface area contributed by atoms with Gasteiger partial charge in [0.15, 0.2) is 0 Å². The molecule has 3 N–H and O–H groups in total. The molecule has 0 unspecified atom stereocenters. The molecule has 0 saturated heterocycles. The van der Waals surface area contributed by atoms with Crippen molar-refractivity contribution in [3.63, 3.8) is 0 Å². The van der Waals surface area contributed by atoms with E-state index in [4.69, 9.17) is 10.8 Å². The number of hydrogen-bond donors (Lipinski definition) is 2. The molecular weight excluding hydrogens is 679 g/mol. The molecule has 0 bridgehead atoms. The van der Waals surface area contributed by atoms with Gasteiger partial charge in [-0.15, -0.1) is 0 Å². The Morgan fingerprint density at radius 3 is 1.50 bits per heavy atom. The second kappa shape index (κ2) is 14.1. The lowest BCUT2D eigenvalue weighted by Gasteiger charge is -2.24. The standard InChI is InChI=1S/C48H36.C6H7NO/c1-31-24-25-39-41(26-31)47(37-21-13-19-35(28-37)33-16-8-5-9-17-33)43-30-45-40(38-22-10-11-23-44(38)48(45,2)3)29-42(43)46(39)36-20-12-18-34(27-36)32-14-6-4-7-15-32;7-5-3-1-2-4-6(5)8/h4-30H,1-3H3;1-4,8H,7H2. The first-order valence-electron chi connectivity index (χ1n) is 19.3. The summed E-state index contributed by atoms with van der Waals surface area (Å²) in [5.41, 5.74) is 22.4. The van der Waals surface area contributed by atoms with Crippen LogP contribution in [0.1, 0.15) is 30.5 Å². The average molecular weight is 722 g/mol. The van der Waals surface area contributed by atoms with Gasteiger partial charge in [0.25, 0.3) is 0 Å². The molecule has 1 aliphatic rings. The molecule has 0 amide bonds. The van der Waals surface area contributed by atoms with E-state index in [1.165, 1.54) is 93.9 Å². The highest BCUT2D eigenvalue weighted by atomic mass is 16.3. The number of fused-ring (bicyclic) bond motifs is 5. The van der Waals surface area contributed by atoms with Crippen LogP contribution in [0.4, 0.5) is 5.69 Å². The summed E-state index contributed by atoms with van der Waals surface area (Å²) in [5, 5.41) is 14.0. The van der Waals surface area contributed by atoms with Gasteiger partial charge in [-0.1, -0.05) is 171 Å². The van der Waals surface area contributed by atoms with Crippen molar-refractivity contribution in [2.45, 2.75) is 26.2 Å². The number of benzene rings is 9. The van der Waals surface area contributed by atoms with E-state index in [-0.39, 0.29) is 11.2 Å². The van der Waals surface area contributed by atoms with E-state index in [9.17, 15) is 0 Å². The Morgan fingerprint density at radius 1 is 0.393 bits per heavy atom. The Morgan fingerprint density at radius 2 is 0.893 bits per heavy atom. The molecular formula is C54H43NO. The maximum atomic E-state index is 8.79. The Balaban J connectivity index is 0.000000459. The lowest BCUT2D eigenvalue weighted by atomic mass is 9.79. The minimum absolute atomic E-state index is 0.0990. The van der Waals surface area contributed by atoms with Crippen LogP contribution in [-0.2, 0) is 5.41 Å². The van der Waals surface area contributed by atoms with Crippen LogP contribution >= 0.6 is 0 Å². The van der Waals surface area contributed by atoms with Crippen molar-refractivity contribution in [3.05, 3.63) is 205 Å². The molecule has 10 rings (SSSR count). The summed E-state index contributed by atoms with van der Waals surface area (Å²) >= 11 is 0. The summed E-state index contributed by atoms with van der Waals surface area (Å²) in [6.07, 6.45) is 0. The van der Waals surface area contributed by atoms with Gasteiger partial charge in [0.05, 0.1) is 5.69 Å². The maximum absolute atomic E-state index is 8.79. The zero-order valence-corrected chi connectivity index (χ0v) is 31.9. The molecule has 0 radical (unpaired) electrons. The molecule has 1 aliphatic carbocycles. The fourth-order valence-electron chi connectivity index (χ4n) is 8.61. The van der Waals surface area contributed by atoms with Crippen molar-refractivity contribution in [1.82, 2.24) is 0 Å². The molecule has 0 fully saturated rings. The van der Waals surface area contributed by atoms with Crippen molar-refractivity contribution in [3.8, 4) is 61.4 Å².